The maximum absolute atomic E-state index is 11.9. The van der Waals surface area contributed by atoms with E-state index < -0.39 is 0 Å². The van der Waals surface area contributed by atoms with Gasteiger partial charge in [0.2, 0.25) is 5.91 Å². The molecule has 0 bridgehead atoms. The first-order valence-electron chi connectivity index (χ1n) is 6.12. The number of hydrogen-bond donors (Lipinski definition) is 1. The summed E-state index contributed by atoms with van der Waals surface area (Å²) < 4.78 is 0.948. The van der Waals surface area contributed by atoms with Crippen LogP contribution >= 0.6 is 15.9 Å². The molecule has 0 saturated heterocycles. The van der Waals surface area contributed by atoms with Gasteiger partial charge in [0, 0.05) is 17.1 Å². The quantitative estimate of drug-likeness (QED) is 0.910. The first-order chi connectivity index (χ1) is 8.20. The molecule has 3 nitrogen and oxygen atoms in total. The molecule has 1 heterocycles. The molecule has 1 atom stereocenters. The minimum atomic E-state index is 0.0200. The molecular weight excluding hydrogens is 292 g/mol. The molecule has 0 aromatic carbocycles. The fourth-order valence-electron chi connectivity index (χ4n) is 1.39. The number of anilines is 1. The SMILES string of the molecule is Cc1cc(NC(=O)CC(C)C(C)(C)C)ncc1Br. The van der Waals surface area contributed by atoms with Gasteiger partial charge in [-0.25, -0.2) is 4.98 Å². The van der Waals surface area contributed by atoms with E-state index in [1.54, 1.807) is 6.20 Å². The van der Waals surface area contributed by atoms with Crippen LogP contribution in [0.5, 0.6) is 0 Å². The van der Waals surface area contributed by atoms with Crippen LogP contribution in [-0.2, 0) is 4.79 Å². The van der Waals surface area contributed by atoms with Crippen molar-refractivity contribution in [1.82, 2.24) is 4.98 Å². The molecule has 0 aliphatic carbocycles. The van der Waals surface area contributed by atoms with Crippen molar-refractivity contribution < 1.29 is 4.79 Å². The fourth-order valence-corrected chi connectivity index (χ4v) is 1.60. The standard InChI is InChI=1S/C14H21BrN2O/c1-9-6-12(16-8-11(9)15)17-13(18)7-10(2)14(3,4)5/h6,8,10H,7H2,1-5H3,(H,16,17,18). The van der Waals surface area contributed by atoms with E-state index in [2.05, 4.69) is 53.9 Å². The highest BCUT2D eigenvalue weighted by molar-refractivity contribution is 9.10. The molecular formula is C14H21BrN2O. The lowest BCUT2D eigenvalue weighted by atomic mass is 9.80. The predicted molar refractivity (Wildman–Crippen MR) is 78.5 cm³/mol. The van der Waals surface area contributed by atoms with E-state index >= 15 is 0 Å². The summed E-state index contributed by atoms with van der Waals surface area (Å²) in [4.78, 5) is 16.1. The van der Waals surface area contributed by atoms with Gasteiger partial charge in [-0.15, -0.1) is 0 Å². The second-order valence-electron chi connectivity index (χ2n) is 5.84. The number of hydrogen-bond acceptors (Lipinski definition) is 2. The van der Waals surface area contributed by atoms with Crippen LogP contribution in [-0.4, -0.2) is 10.9 Å². The van der Waals surface area contributed by atoms with Gasteiger partial charge in [-0.05, 0) is 45.8 Å². The Morgan fingerprint density at radius 3 is 2.61 bits per heavy atom. The average Bonchev–Trinajstić information content (AvgIpc) is 2.22. The van der Waals surface area contributed by atoms with Crippen molar-refractivity contribution in [3.63, 3.8) is 0 Å². The molecule has 0 saturated carbocycles. The van der Waals surface area contributed by atoms with Crippen molar-refractivity contribution in [2.45, 2.75) is 41.0 Å². The smallest absolute Gasteiger partial charge is 0.225 e. The molecule has 100 valence electrons. The van der Waals surface area contributed by atoms with Crippen LogP contribution in [0.15, 0.2) is 16.7 Å². The predicted octanol–water partition coefficient (Wildman–Crippen LogP) is 4.16. The van der Waals surface area contributed by atoms with Crippen molar-refractivity contribution >= 4 is 27.7 Å². The number of aromatic nitrogens is 1. The maximum Gasteiger partial charge on any atom is 0.225 e. The van der Waals surface area contributed by atoms with Gasteiger partial charge in [-0.1, -0.05) is 27.7 Å². The normalized spacial score (nSPS) is 13.2. The number of aryl methyl sites for hydroxylation is 1. The highest BCUT2D eigenvalue weighted by Gasteiger charge is 2.22. The van der Waals surface area contributed by atoms with Gasteiger partial charge in [0.25, 0.3) is 0 Å². The van der Waals surface area contributed by atoms with E-state index in [0.717, 1.165) is 10.0 Å². The second kappa shape index (κ2) is 5.83. The molecule has 18 heavy (non-hydrogen) atoms. The van der Waals surface area contributed by atoms with Gasteiger partial charge >= 0.3 is 0 Å². The molecule has 1 unspecified atom stereocenters. The van der Waals surface area contributed by atoms with E-state index in [4.69, 9.17) is 0 Å². The van der Waals surface area contributed by atoms with Gasteiger partial charge in [0.15, 0.2) is 0 Å². The third-order valence-electron chi connectivity index (χ3n) is 3.28. The number of nitrogens with zero attached hydrogens (tertiary/aromatic N) is 1. The minimum absolute atomic E-state index is 0.0200. The van der Waals surface area contributed by atoms with Crippen LogP contribution in [0, 0.1) is 18.3 Å². The third kappa shape index (κ3) is 4.41. The number of nitrogens with one attached hydrogen (secondary N) is 1. The van der Waals surface area contributed by atoms with E-state index in [1.165, 1.54) is 0 Å². The van der Waals surface area contributed by atoms with Crippen molar-refractivity contribution in [2.24, 2.45) is 11.3 Å². The highest BCUT2D eigenvalue weighted by Crippen LogP contribution is 2.28. The minimum Gasteiger partial charge on any atom is -0.311 e. The Labute approximate surface area is 118 Å². The molecule has 0 fully saturated rings. The lowest BCUT2D eigenvalue weighted by Crippen LogP contribution is -2.24. The fraction of sp³-hybridized carbons (Fsp3) is 0.571. The molecule has 4 heteroatoms. The van der Waals surface area contributed by atoms with Crippen LogP contribution in [0.1, 0.15) is 39.7 Å². The highest BCUT2D eigenvalue weighted by atomic mass is 79.9. The summed E-state index contributed by atoms with van der Waals surface area (Å²) in [6.45, 7) is 10.5. The molecule has 0 aliphatic rings. The summed E-state index contributed by atoms with van der Waals surface area (Å²) >= 11 is 3.39. The summed E-state index contributed by atoms with van der Waals surface area (Å²) in [5, 5.41) is 2.84. The largest absolute Gasteiger partial charge is 0.311 e. The van der Waals surface area contributed by atoms with Crippen molar-refractivity contribution in [3.05, 3.63) is 22.3 Å². The Bertz CT molecular complexity index is 438. The van der Waals surface area contributed by atoms with Crippen molar-refractivity contribution in [2.75, 3.05) is 5.32 Å². The molecule has 1 rings (SSSR count). The average molecular weight is 313 g/mol. The monoisotopic (exact) mass is 312 g/mol. The number of rotatable bonds is 3. The molecule has 1 N–H and O–H groups in total. The Morgan fingerprint density at radius 1 is 1.50 bits per heavy atom. The first kappa shape index (κ1) is 15.2. The number of carbonyl (C=O) groups is 1. The zero-order valence-electron chi connectivity index (χ0n) is 11.7. The van der Waals surface area contributed by atoms with Crippen molar-refractivity contribution in [3.8, 4) is 0 Å². The van der Waals surface area contributed by atoms with Crippen LogP contribution < -0.4 is 5.32 Å². The summed E-state index contributed by atoms with van der Waals surface area (Å²) in [5.41, 5.74) is 1.20. The Morgan fingerprint density at radius 2 is 2.11 bits per heavy atom. The Hall–Kier alpha value is -0.900. The van der Waals surface area contributed by atoms with Gasteiger partial charge in [-0.2, -0.15) is 0 Å². The maximum atomic E-state index is 11.9. The molecule has 0 spiro atoms. The molecule has 1 aromatic rings. The van der Waals surface area contributed by atoms with Crippen LogP contribution in [0.4, 0.5) is 5.82 Å². The summed E-state index contributed by atoms with van der Waals surface area (Å²) in [7, 11) is 0. The summed E-state index contributed by atoms with van der Waals surface area (Å²) in [6, 6.07) is 1.86. The number of amides is 1. The third-order valence-corrected chi connectivity index (χ3v) is 4.11. The Balaban J connectivity index is 2.62. The topological polar surface area (TPSA) is 42.0 Å². The molecule has 0 aliphatic heterocycles. The van der Waals surface area contributed by atoms with Crippen LogP contribution in [0.2, 0.25) is 0 Å². The molecule has 0 radical (unpaired) electrons. The lowest BCUT2D eigenvalue weighted by molar-refractivity contribution is -0.117. The zero-order chi connectivity index (χ0) is 13.9. The summed E-state index contributed by atoms with van der Waals surface area (Å²) in [6.07, 6.45) is 2.22. The zero-order valence-corrected chi connectivity index (χ0v) is 13.3. The van der Waals surface area contributed by atoms with E-state index in [1.807, 2.05) is 13.0 Å². The second-order valence-corrected chi connectivity index (χ2v) is 6.69. The van der Waals surface area contributed by atoms with E-state index in [0.29, 0.717) is 18.2 Å². The van der Waals surface area contributed by atoms with E-state index in [-0.39, 0.29) is 11.3 Å². The number of halogens is 1. The van der Waals surface area contributed by atoms with Gasteiger partial charge in [0.1, 0.15) is 5.82 Å². The van der Waals surface area contributed by atoms with Crippen LogP contribution in [0.3, 0.4) is 0 Å². The van der Waals surface area contributed by atoms with E-state index in [9.17, 15) is 4.79 Å². The van der Waals surface area contributed by atoms with Crippen LogP contribution in [0.25, 0.3) is 0 Å². The van der Waals surface area contributed by atoms with Crippen molar-refractivity contribution in [1.29, 1.82) is 0 Å². The number of pyridine rings is 1. The molecule has 1 aromatic heterocycles. The molecule has 1 amide bonds. The Kier molecular flexibility index (Phi) is 4.91. The first-order valence-corrected chi connectivity index (χ1v) is 6.91. The number of carbonyl (C=O) groups excluding carboxylic acids is 1. The van der Waals surface area contributed by atoms with Gasteiger partial charge < -0.3 is 5.32 Å². The van der Waals surface area contributed by atoms with Gasteiger partial charge in [0.05, 0.1) is 0 Å². The summed E-state index contributed by atoms with van der Waals surface area (Å²) in [5.74, 6) is 0.961. The van der Waals surface area contributed by atoms with Gasteiger partial charge in [-0.3, -0.25) is 4.79 Å². The lowest BCUT2D eigenvalue weighted by Gasteiger charge is -2.26.